The number of ether oxygens (including phenoxy) is 2. The standard InChI is InChI=1S/C22H27ClN6O2.2H2S/c1-13-16(15-4-7-26-20(30-3)17(15)23)19-25-8-11-29(19)21(27-13)28-9-5-22(6-10-28)12-31-14(2)18(22)24;;/h4,7-8,11,14,18H,5-6,9-10,12,24H2,1-3H3;2*1H2/t14-,18+;;/m0../s1. The molecule has 0 radical (unpaired) electrons. The number of piperidine rings is 1. The van der Waals surface area contributed by atoms with Gasteiger partial charge in [-0.25, -0.2) is 15.0 Å². The van der Waals surface area contributed by atoms with Crippen LogP contribution in [0.15, 0.2) is 24.7 Å². The number of halogens is 1. The number of imidazole rings is 1. The van der Waals surface area contributed by atoms with Crippen molar-refractivity contribution in [3.63, 3.8) is 0 Å². The van der Waals surface area contributed by atoms with Crippen LogP contribution in [0.2, 0.25) is 5.02 Å². The van der Waals surface area contributed by atoms with E-state index in [9.17, 15) is 0 Å². The Morgan fingerprint density at radius 3 is 2.58 bits per heavy atom. The summed E-state index contributed by atoms with van der Waals surface area (Å²) in [6, 6.07) is 1.96. The van der Waals surface area contributed by atoms with E-state index in [1.54, 1.807) is 19.5 Å². The van der Waals surface area contributed by atoms with Crippen LogP contribution in [0, 0.1) is 12.3 Å². The zero-order valence-corrected chi connectivity index (χ0v) is 21.8. The molecule has 0 unspecified atom stereocenters. The molecule has 8 nitrogen and oxygen atoms in total. The van der Waals surface area contributed by atoms with Crippen LogP contribution in [0.4, 0.5) is 5.95 Å². The lowest BCUT2D eigenvalue weighted by atomic mass is 9.73. The summed E-state index contributed by atoms with van der Waals surface area (Å²) in [6.45, 7) is 6.57. The van der Waals surface area contributed by atoms with E-state index in [-0.39, 0.29) is 44.6 Å². The fourth-order valence-corrected chi connectivity index (χ4v) is 5.28. The molecule has 11 heteroatoms. The topological polar surface area (TPSA) is 90.8 Å². The highest BCUT2D eigenvalue weighted by Crippen LogP contribution is 2.43. The number of aryl methyl sites for hydroxylation is 1. The number of pyridine rings is 1. The minimum Gasteiger partial charge on any atom is -0.480 e. The van der Waals surface area contributed by atoms with Crippen LogP contribution < -0.4 is 15.4 Å². The second-order valence-corrected chi connectivity index (χ2v) is 8.94. The molecule has 2 N–H and O–H groups in total. The van der Waals surface area contributed by atoms with Gasteiger partial charge in [-0.05, 0) is 32.8 Å². The number of hydrogen-bond acceptors (Lipinski definition) is 7. The Labute approximate surface area is 212 Å². The fourth-order valence-electron chi connectivity index (χ4n) is 4.99. The van der Waals surface area contributed by atoms with Crippen molar-refractivity contribution in [1.82, 2.24) is 19.4 Å². The number of aromatic nitrogens is 4. The van der Waals surface area contributed by atoms with Gasteiger partial charge in [0.05, 0.1) is 25.5 Å². The fraction of sp³-hybridized carbons (Fsp3) is 0.500. The van der Waals surface area contributed by atoms with E-state index < -0.39 is 0 Å². The van der Waals surface area contributed by atoms with Crippen molar-refractivity contribution in [2.75, 3.05) is 31.7 Å². The maximum Gasteiger partial charge on any atom is 0.232 e. The molecule has 5 heterocycles. The van der Waals surface area contributed by atoms with Gasteiger partial charge in [0.2, 0.25) is 11.8 Å². The number of methoxy groups -OCH3 is 1. The SMILES string of the molecule is COc1nccc(-c2c(C)nc(N3CCC4(CC3)CO[C@@H](C)[C@H]4N)n3ccnc23)c1Cl.S.S. The van der Waals surface area contributed by atoms with Gasteiger partial charge >= 0.3 is 0 Å². The molecule has 2 aliphatic heterocycles. The monoisotopic (exact) mass is 510 g/mol. The van der Waals surface area contributed by atoms with E-state index in [1.165, 1.54) is 0 Å². The average Bonchev–Trinajstić information content (AvgIpc) is 3.36. The van der Waals surface area contributed by atoms with Crippen LogP contribution in [0.3, 0.4) is 0 Å². The molecule has 0 aromatic carbocycles. The highest BCUT2D eigenvalue weighted by atomic mass is 35.5. The third kappa shape index (κ3) is 4.16. The Balaban J connectivity index is 0.00000153. The Morgan fingerprint density at radius 2 is 1.94 bits per heavy atom. The first-order valence-corrected chi connectivity index (χ1v) is 11.0. The first-order valence-electron chi connectivity index (χ1n) is 10.6. The van der Waals surface area contributed by atoms with E-state index in [0.717, 1.165) is 61.0 Å². The number of fused-ring (bicyclic) bond motifs is 1. The molecule has 5 rings (SSSR count). The lowest BCUT2D eigenvalue weighted by Gasteiger charge is -2.41. The molecule has 0 saturated carbocycles. The van der Waals surface area contributed by atoms with Crippen LogP contribution in [0.25, 0.3) is 16.8 Å². The first-order chi connectivity index (χ1) is 14.9. The maximum atomic E-state index is 6.58. The molecular formula is C22H31ClN6O2S2. The van der Waals surface area contributed by atoms with E-state index >= 15 is 0 Å². The van der Waals surface area contributed by atoms with Gasteiger partial charge < -0.3 is 20.1 Å². The molecule has 3 aromatic heterocycles. The van der Waals surface area contributed by atoms with Crippen molar-refractivity contribution in [1.29, 1.82) is 0 Å². The minimum absolute atomic E-state index is 0. The minimum atomic E-state index is 0. The summed E-state index contributed by atoms with van der Waals surface area (Å²) >= 11 is 6.58. The lowest BCUT2D eigenvalue weighted by Crippen LogP contribution is -2.51. The molecule has 2 aliphatic rings. The molecule has 0 amide bonds. The molecule has 33 heavy (non-hydrogen) atoms. The largest absolute Gasteiger partial charge is 0.480 e. The Kier molecular flexibility index (Phi) is 7.75. The van der Waals surface area contributed by atoms with E-state index in [4.69, 9.17) is 31.8 Å². The zero-order valence-electron chi connectivity index (χ0n) is 19.0. The molecule has 0 bridgehead atoms. The maximum absolute atomic E-state index is 6.58. The lowest BCUT2D eigenvalue weighted by molar-refractivity contribution is 0.0973. The Morgan fingerprint density at radius 1 is 1.21 bits per heavy atom. The first kappa shape index (κ1) is 25.9. The summed E-state index contributed by atoms with van der Waals surface area (Å²) in [6.07, 6.45) is 7.53. The summed E-state index contributed by atoms with van der Waals surface area (Å²) < 4.78 is 13.2. The summed E-state index contributed by atoms with van der Waals surface area (Å²) in [7, 11) is 1.56. The van der Waals surface area contributed by atoms with Gasteiger partial charge in [0, 0.05) is 54.3 Å². The Hall–Kier alpha value is -1.72. The van der Waals surface area contributed by atoms with Crippen molar-refractivity contribution in [3.8, 4) is 17.0 Å². The summed E-state index contributed by atoms with van der Waals surface area (Å²) in [5, 5.41) is 0.455. The second-order valence-electron chi connectivity index (χ2n) is 8.57. The summed E-state index contributed by atoms with van der Waals surface area (Å²) in [5.74, 6) is 1.28. The van der Waals surface area contributed by atoms with Gasteiger partial charge in [-0.1, -0.05) is 11.6 Å². The highest BCUT2D eigenvalue weighted by Gasteiger charge is 2.47. The van der Waals surface area contributed by atoms with Gasteiger partial charge in [-0.15, -0.1) is 0 Å². The van der Waals surface area contributed by atoms with Crippen LogP contribution in [0.5, 0.6) is 5.88 Å². The van der Waals surface area contributed by atoms with Crippen molar-refractivity contribution < 1.29 is 9.47 Å². The van der Waals surface area contributed by atoms with Gasteiger partial charge in [-0.2, -0.15) is 27.0 Å². The van der Waals surface area contributed by atoms with Crippen LogP contribution in [-0.4, -0.2) is 58.3 Å². The van der Waals surface area contributed by atoms with Crippen molar-refractivity contribution >= 4 is 50.2 Å². The third-order valence-electron chi connectivity index (χ3n) is 6.92. The number of hydrogen-bond donors (Lipinski definition) is 1. The predicted molar refractivity (Wildman–Crippen MR) is 141 cm³/mol. The second kappa shape index (κ2) is 9.87. The number of nitrogens with two attached hydrogens (primary N) is 1. The van der Waals surface area contributed by atoms with Gasteiger partial charge in [-0.3, -0.25) is 4.40 Å². The van der Waals surface area contributed by atoms with Gasteiger partial charge in [0.15, 0.2) is 0 Å². The summed E-state index contributed by atoms with van der Waals surface area (Å²) in [5.41, 5.74) is 9.92. The molecule has 2 atom stereocenters. The quantitative estimate of drug-likeness (QED) is 0.578. The molecular weight excluding hydrogens is 480 g/mol. The van der Waals surface area contributed by atoms with E-state index in [2.05, 4.69) is 21.8 Å². The van der Waals surface area contributed by atoms with Crippen molar-refractivity contribution in [2.45, 2.75) is 38.8 Å². The molecule has 180 valence electrons. The number of nitrogens with zero attached hydrogens (tertiary/aromatic N) is 5. The van der Waals surface area contributed by atoms with E-state index in [1.807, 2.05) is 23.6 Å². The van der Waals surface area contributed by atoms with Gasteiger partial charge in [0.25, 0.3) is 0 Å². The molecule has 0 aliphatic carbocycles. The van der Waals surface area contributed by atoms with Crippen LogP contribution >= 0.6 is 38.6 Å². The molecule has 3 aromatic rings. The predicted octanol–water partition coefficient (Wildman–Crippen LogP) is 3.32. The molecule has 1 spiro atoms. The highest BCUT2D eigenvalue weighted by molar-refractivity contribution is 7.59. The van der Waals surface area contributed by atoms with Crippen LogP contribution in [0.1, 0.15) is 25.5 Å². The van der Waals surface area contributed by atoms with Crippen molar-refractivity contribution in [2.24, 2.45) is 11.1 Å². The summed E-state index contributed by atoms with van der Waals surface area (Å²) in [4.78, 5) is 16.1. The average molecular weight is 511 g/mol. The molecule has 2 saturated heterocycles. The zero-order chi connectivity index (χ0) is 21.8. The van der Waals surface area contributed by atoms with Crippen LogP contribution in [-0.2, 0) is 4.74 Å². The van der Waals surface area contributed by atoms with E-state index in [0.29, 0.717) is 10.9 Å². The van der Waals surface area contributed by atoms with Gasteiger partial charge in [0.1, 0.15) is 10.7 Å². The molecule has 2 fully saturated rings. The Bertz CT molecular complexity index is 1140. The smallest absolute Gasteiger partial charge is 0.232 e. The normalized spacial score (nSPS) is 21.7. The number of anilines is 1. The number of rotatable bonds is 3. The third-order valence-corrected chi connectivity index (χ3v) is 7.28. The van der Waals surface area contributed by atoms with Crippen molar-refractivity contribution in [3.05, 3.63) is 35.4 Å².